The number of aryl methyl sites for hydroxylation is 2. The number of amides is 1. The molecule has 2 heterocycles. The molecule has 4 aromatic rings. The number of hydrogen-bond donors (Lipinski definition) is 0. The second-order valence-electron chi connectivity index (χ2n) is 7.91. The molecule has 0 saturated heterocycles. The fraction of sp³-hybridized carbons (Fsp3) is 0.154. The van der Waals surface area contributed by atoms with E-state index in [0.29, 0.717) is 12.3 Å². The second kappa shape index (κ2) is 7.43. The Kier molecular flexibility index (Phi) is 4.59. The quantitative estimate of drug-likeness (QED) is 0.458. The number of methoxy groups -OCH3 is 1. The number of hydrogen-bond acceptors (Lipinski definition) is 3. The van der Waals surface area contributed by atoms with Gasteiger partial charge in [0, 0.05) is 23.5 Å². The summed E-state index contributed by atoms with van der Waals surface area (Å²) in [5.41, 5.74) is 7.80. The molecule has 0 N–H and O–H groups in total. The standard InChI is InChI=1S/C26H23N3O2/c1-17-5-4-6-19(11-17)20-7-8-21-15-29(26(30)23(21)12-20)22-9-10-24(25(13-22)31-3)28-14-18(2)27-16-28/h4-14,16H,15H2,1-3H3. The molecule has 5 heteroatoms. The van der Waals surface area contributed by atoms with Crippen molar-refractivity contribution in [1.29, 1.82) is 0 Å². The number of rotatable bonds is 4. The van der Waals surface area contributed by atoms with Gasteiger partial charge in [-0.3, -0.25) is 4.79 Å². The van der Waals surface area contributed by atoms with Crippen LogP contribution in [0.1, 0.15) is 27.2 Å². The lowest BCUT2D eigenvalue weighted by molar-refractivity contribution is 0.0996. The second-order valence-corrected chi connectivity index (χ2v) is 7.91. The minimum Gasteiger partial charge on any atom is -0.494 e. The van der Waals surface area contributed by atoms with Crippen molar-refractivity contribution in [2.45, 2.75) is 20.4 Å². The molecule has 31 heavy (non-hydrogen) atoms. The number of carbonyl (C=O) groups excluding carboxylic acids is 1. The van der Waals surface area contributed by atoms with Crippen LogP contribution in [0, 0.1) is 13.8 Å². The molecule has 3 aromatic carbocycles. The summed E-state index contributed by atoms with van der Waals surface area (Å²) in [6.45, 7) is 4.57. The van der Waals surface area contributed by atoms with E-state index in [-0.39, 0.29) is 5.91 Å². The maximum absolute atomic E-state index is 13.3. The maximum atomic E-state index is 13.3. The first-order valence-electron chi connectivity index (χ1n) is 10.2. The Morgan fingerprint density at radius 2 is 1.81 bits per heavy atom. The van der Waals surface area contributed by atoms with Gasteiger partial charge in [-0.15, -0.1) is 0 Å². The number of carbonyl (C=O) groups is 1. The van der Waals surface area contributed by atoms with Gasteiger partial charge < -0.3 is 14.2 Å². The zero-order valence-electron chi connectivity index (χ0n) is 17.8. The van der Waals surface area contributed by atoms with E-state index >= 15 is 0 Å². The van der Waals surface area contributed by atoms with Crippen molar-refractivity contribution in [1.82, 2.24) is 9.55 Å². The molecule has 0 atom stereocenters. The molecule has 1 amide bonds. The molecule has 1 aliphatic rings. The van der Waals surface area contributed by atoms with Crippen LogP contribution in [-0.4, -0.2) is 22.6 Å². The fourth-order valence-corrected chi connectivity index (χ4v) is 4.11. The van der Waals surface area contributed by atoms with Gasteiger partial charge in [-0.25, -0.2) is 4.98 Å². The highest BCUT2D eigenvalue weighted by atomic mass is 16.5. The van der Waals surface area contributed by atoms with Crippen molar-refractivity contribution < 1.29 is 9.53 Å². The number of aromatic nitrogens is 2. The van der Waals surface area contributed by atoms with Crippen LogP contribution in [0.25, 0.3) is 16.8 Å². The van der Waals surface area contributed by atoms with Crippen molar-refractivity contribution >= 4 is 11.6 Å². The molecular weight excluding hydrogens is 386 g/mol. The van der Waals surface area contributed by atoms with Crippen LogP contribution in [0.15, 0.2) is 73.2 Å². The number of benzene rings is 3. The predicted molar refractivity (Wildman–Crippen MR) is 122 cm³/mol. The molecule has 0 aliphatic carbocycles. The molecule has 0 unspecified atom stereocenters. The third-order valence-electron chi connectivity index (χ3n) is 5.73. The van der Waals surface area contributed by atoms with Crippen LogP contribution in [0.3, 0.4) is 0 Å². The number of nitrogens with zero attached hydrogens (tertiary/aromatic N) is 3. The summed E-state index contributed by atoms with van der Waals surface area (Å²) < 4.78 is 7.55. The molecule has 0 saturated carbocycles. The topological polar surface area (TPSA) is 47.4 Å². The molecule has 1 aliphatic heterocycles. The van der Waals surface area contributed by atoms with Crippen LogP contribution in [0.2, 0.25) is 0 Å². The number of anilines is 1. The van der Waals surface area contributed by atoms with Crippen LogP contribution in [0.4, 0.5) is 5.69 Å². The van der Waals surface area contributed by atoms with E-state index in [9.17, 15) is 4.79 Å². The molecule has 0 radical (unpaired) electrons. The lowest BCUT2D eigenvalue weighted by Gasteiger charge is -2.18. The first kappa shape index (κ1) is 19.1. The van der Waals surface area contributed by atoms with Gasteiger partial charge in [0.15, 0.2) is 0 Å². The molecule has 0 bridgehead atoms. The van der Waals surface area contributed by atoms with E-state index < -0.39 is 0 Å². The molecule has 5 rings (SSSR count). The van der Waals surface area contributed by atoms with Crippen LogP contribution < -0.4 is 9.64 Å². The zero-order chi connectivity index (χ0) is 21.5. The Hall–Kier alpha value is -3.86. The van der Waals surface area contributed by atoms with Crippen molar-refractivity contribution in [2.24, 2.45) is 0 Å². The van der Waals surface area contributed by atoms with E-state index in [4.69, 9.17) is 4.74 Å². The highest BCUT2D eigenvalue weighted by Gasteiger charge is 2.29. The summed E-state index contributed by atoms with van der Waals surface area (Å²) in [7, 11) is 1.64. The molecule has 1 aromatic heterocycles. The maximum Gasteiger partial charge on any atom is 0.258 e. The van der Waals surface area contributed by atoms with Gasteiger partial charge in [0.2, 0.25) is 0 Å². The monoisotopic (exact) mass is 409 g/mol. The first-order valence-corrected chi connectivity index (χ1v) is 10.2. The number of imidazole rings is 1. The Morgan fingerprint density at radius 1 is 0.968 bits per heavy atom. The minimum atomic E-state index is 0.0118. The smallest absolute Gasteiger partial charge is 0.258 e. The van der Waals surface area contributed by atoms with Gasteiger partial charge in [0.1, 0.15) is 5.75 Å². The predicted octanol–water partition coefficient (Wildman–Crippen LogP) is 5.33. The van der Waals surface area contributed by atoms with Gasteiger partial charge >= 0.3 is 0 Å². The summed E-state index contributed by atoms with van der Waals surface area (Å²) in [6, 6.07) is 20.3. The van der Waals surface area contributed by atoms with Gasteiger partial charge in [-0.1, -0.05) is 42.0 Å². The Morgan fingerprint density at radius 3 is 2.55 bits per heavy atom. The fourth-order valence-electron chi connectivity index (χ4n) is 4.11. The Balaban J connectivity index is 1.48. The number of ether oxygens (including phenoxy) is 1. The van der Waals surface area contributed by atoms with Gasteiger partial charge in [0.05, 0.1) is 31.4 Å². The van der Waals surface area contributed by atoms with Gasteiger partial charge in [-0.2, -0.15) is 0 Å². The largest absolute Gasteiger partial charge is 0.494 e. The highest BCUT2D eigenvalue weighted by molar-refractivity contribution is 6.10. The van der Waals surface area contributed by atoms with E-state index in [1.165, 1.54) is 5.56 Å². The zero-order valence-corrected chi connectivity index (χ0v) is 17.8. The third kappa shape index (κ3) is 3.38. The summed E-state index contributed by atoms with van der Waals surface area (Å²) in [4.78, 5) is 19.4. The average Bonchev–Trinajstić information content (AvgIpc) is 3.36. The van der Waals surface area contributed by atoms with Crippen LogP contribution in [-0.2, 0) is 6.54 Å². The van der Waals surface area contributed by atoms with Crippen molar-refractivity contribution in [3.8, 4) is 22.6 Å². The van der Waals surface area contributed by atoms with Crippen molar-refractivity contribution in [3.05, 3.63) is 95.6 Å². The van der Waals surface area contributed by atoms with E-state index in [1.54, 1.807) is 18.3 Å². The first-order chi connectivity index (χ1) is 15.0. The minimum absolute atomic E-state index is 0.0118. The third-order valence-corrected chi connectivity index (χ3v) is 5.73. The lowest BCUT2D eigenvalue weighted by Crippen LogP contribution is -2.23. The van der Waals surface area contributed by atoms with Gasteiger partial charge in [0.25, 0.3) is 5.91 Å². The lowest BCUT2D eigenvalue weighted by atomic mass is 9.99. The van der Waals surface area contributed by atoms with E-state index in [2.05, 4.69) is 42.2 Å². The molecular formula is C26H23N3O2. The Bertz CT molecular complexity index is 1310. The van der Waals surface area contributed by atoms with Crippen molar-refractivity contribution in [2.75, 3.05) is 12.0 Å². The summed E-state index contributed by atoms with van der Waals surface area (Å²) in [5, 5.41) is 0. The summed E-state index contributed by atoms with van der Waals surface area (Å²) in [5.74, 6) is 0.705. The average molecular weight is 409 g/mol. The van der Waals surface area contributed by atoms with E-state index in [0.717, 1.165) is 39.3 Å². The normalized spacial score (nSPS) is 12.9. The SMILES string of the molecule is COc1cc(N2Cc3ccc(-c4cccc(C)c4)cc3C2=O)ccc1-n1cnc(C)c1. The summed E-state index contributed by atoms with van der Waals surface area (Å²) in [6.07, 6.45) is 3.71. The molecule has 0 fully saturated rings. The van der Waals surface area contributed by atoms with Crippen LogP contribution >= 0.6 is 0 Å². The molecule has 154 valence electrons. The molecule has 5 nitrogen and oxygen atoms in total. The Labute approximate surface area is 181 Å². The molecule has 0 spiro atoms. The number of fused-ring (bicyclic) bond motifs is 1. The highest BCUT2D eigenvalue weighted by Crippen LogP contribution is 2.35. The van der Waals surface area contributed by atoms with Crippen LogP contribution in [0.5, 0.6) is 5.75 Å². The summed E-state index contributed by atoms with van der Waals surface area (Å²) >= 11 is 0. The van der Waals surface area contributed by atoms with Crippen molar-refractivity contribution in [3.63, 3.8) is 0 Å². The van der Waals surface area contributed by atoms with Gasteiger partial charge in [-0.05, 0) is 48.7 Å². The van der Waals surface area contributed by atoms with E-state index in [1.807, 2.05) is 48.0 Å².